The lowest BCUT2D eigenvalue weighted by Crippen LogP contribution is -2.04. The molecule has 1 aliphatic rings. The van der Waals surface area contributed by atoms with Crippen molar-refractivity contribution in [2.45, 2.75) is 13.0 Å². The van der Waals surface area contributed by atoms with Crippen LogP contribution in [0.2, 0.25) is 0 Å². The van der Waals surface area contributed by atoms with Crippen molar-refractivity contribution in [1.82, 2.24) is 4.98 Å². The molecule has 2 N–H and O–H groups in total. The summed E-state index contributed by atoms with van der Waals surface area (Å²) in [7, 11) is 0. The molecular weight excluding hydrogens is 156 g/mol. The number of rotatable bonds is 1. The molecule has 4 heteroatoms. The Labute approximate surface area is 70.3 Å². The van der Waals surface area contributed by atoms with Crippen molar-refractivity contribution in [2.24, 2.45) is 5.73 Å². The monoisotopic (exact) mass is 166 g/mol. The van der Waals surface area contributed by atoms with Crippen molar-refractivity contribution in [3.63, 3.8) is 0 Å². The smallest absolute Gasteiger partial charge is 0.260 e. The number of aromatic nitrogens is 1. The van der Waals surface area contributed by atoms with Crippen LogP contribution in [0.5, 0.6) is 11.6 Å². The van der Waals surface area contributed by atoms with Gasteiger partial charge in [-0.3, -0.25) is 0 Å². The van der Waals surface area contributed by atoms with E-state index in [0.29, 0.717) is 11.6 Å². The van der Waals surface area contributed by atoms with Crippen LogP contribution in [0.25, 0.3) is 0 Å². The van der Waals surface area contributed by atoms with E-state index < -0.39 is 0 Å². The zero-order chi connectivity index (χ0) is 8.55. The summed E-state index contributed by atoms with van der Waals surface area (Å²) in [4.78, 5) is 4.05. The summed E-state index contributed by atoms with van der Waals surface area (Å²) in [6.45, 7) is 2.16. The number of nitrogens with zero attached hydrogens (tertiary/aromatic N) is 1. The summed E-state index contributed by atoms with van der Waals surface area (Å²) in [6, 6.07) is 1.84. The fraction of sp³-hybridized carbons (Fsp3) is 0.375. The van der Waals surface area contributed by atoms with Gasteiger partial charge in [0.2, 0.25) is 6.79 Å². The molecule has 1 aromatic rings. The third kappa shape index (κ3) is 1.10. The van der Waals surface area contributed by atoms with E-state index >= 15 is 0 Å². The summed E-state index contributed by atoms with van der Waals surface area (Å²) in [5.41, 5.74) is 6.63. The van der Waals surface area contributed by atoms with Gasteiger partial charge in [-0.05, 0) is 18.6 Å². The number of fused-ring (bicyclic) bond motifs is 1. The fourth-order valence-electron chi connectivity index (χ4n) is 1.06. The minimum absolute atomic E-state index is 0.0213. The summed E-state index contributed by atoms with van der Waals surface area (Å²) in [5.74, 6) is 1.24. The first-order valence-corrected chi connectivity index (χ1v) is 3.78. The first-order valence-electron chi connectivity index (χ1n) is 3.78. The van der Waals surface area contributed by atoms with Crippen LogP contribution in [0.1, 0.15) is 18.5 Å². The average molecular weight is 166 g/mol. The molecule has 0 bridgehead atoms. The maximum Gasteiger partial charge on any atom is 0.260 e. The van der Waals surface area contributed by atoms with E-state index in [4.69, 9.17) is 15.2 Å². The average Bonchev–Trinajstić information content (AvgIpc) is 2.49. The Morgan fingerprint density at radius 3 is 3.17 bits per heavy atom. The zero-order valence-corrected chi connectivity index (χ0v) is 6.78. The SMILES string of the molecule is C[C@H](N)c1cnc2c(c1)OCO2. The minimum atomic E-state index is -0.0213. The number of hydrogen-bond acceptors (Lipinski definition) is 4. The number of nitrogens with two attached hydrogens (primary N) is 1. The van der Waals surface area contributed by atoms with Crippen molar-refractivity contribution in [3.05, 3.63) is 17.8 Å². The fourth-order valence-corrected chi connectivity index (χ4v) is 1.06. The van der Waals surface area contributed by atoms with Crippen LogP contribution in [0.15, 0.2) is 12.3 Å². The molecule has 1 aromatic heterocycles. The molecule has 1 aliphatic heterocycles. The molecule has 0 saturated carbocycles. The normalized spacial score (nSPS) is 16.2. The van der Waals surface area contributed by atoms with Crippen LogP contribution in [0.3, 0.4) is 0 Å². The van der Waals surface area contributed by atoms with Crippen molar-refractivity contribution in [2.75, 3.05) is 6.79 Å². The van der Waals surface area contributed by atoms with Gasteiger partial charge in [-0.2, -0.15) is 0 Å². The number of ether oxygens (including phenoxy) is 2. The van der Waals surface area contributed by atoms with Crippen LogP contribution in [-0.4, -0.2) is 11.8 Å². The number of pyridine rings is 1. The Balaban J connectivity index is 2.39. The Hall–Kier alpha value is -1.29. The highest BCUT2D eigenvalue weighted by Gasteiger charge is 2.15. The summed E-state index contributed by atoms with van der Waals surface area (Å²) in [5, 5.41) is 0. The van der Waals surface area contributed by atoms with Gasteiger partial charge in [-0.1, -0.05) is 0 Å². The minimum Gasteiger partial charge on any atom is -0.452 e. The van der Waals surface area contributed by atoms with Gasteiger partial charge in [0.05, 0.1) is 0 Å². The lowest BCUT2D eigenvalue weighted by Gasteiger charge is -2.04. The third-order valence-corrected chi connectivity index (χ3v) is 1.78. The van der Waals surface area contributed by atoms with E-state index in [1.807, 2.05) is 13.0 Å². The second-order valence-corrected chi connectivity index (χ2v) is 2.77. The lowest BCUT2D eigenvalue weighted by atomic mass is 10.1. The van der Waals surface area contributed by atoms with E-state index in [-0.39, 0.29) is 12.8 Å². The van der Waals surface area contributed by atoms with Gasteiger partial charge < -0.3 is 15.2 Å². The first-order chi connectivity index (χ1) is 5.77. The predicted octanol–water partition coefficient (Wildman–Crippen LogP) is 0.830. The molecule has 4 nitrogen and oxygen atoms in total. The van der Waals surface area contributed by atoms with Crippen molar-refractivity contribution in [1.29, 1.82) is 0 Å². The Bertz CT molecular complexity index is 299. The van der Waals surface area contributed by atoms with Crippen LogP contribution in [-0.2, 0) is 0 Å². The molecule has 0 saturated heterocycles. The molecular formula is C8H10N2O2. The van der Waals surface area contributed by atoms with Gasteiger partial charge in [-0.15, -0.1) is 0 Å². The highest BCUT2D eigenvalue weighted by atomic mass is 16.7. The quantitative estimate of drug-likeness (QED) is 0.671. The maximum absolute atomic E-state index is 5.67. The molecule has 0 fully saturated rings. The standard InChI is InChI=1S/C8H10N2O2/c1-5(9)6-2-7-8(10-3-6)12-4-11-7/h2-3,5H,4,9H2,1H3/t5-/m0/s1. The lowest BCUT2D eigenvalue weighted by molar-refractivity contribution is 0.171. The van der Waals surface area contributed by atoms with Gasteiger partial charge >= 0.3 is 0 Å². The zero-order valence-electron chi connectivity index (χ0n) is 6.78. The molecule has 0 amide bonds. The molecule has 0 aromatic carbocycles. The highest BCUT2D eigenvalue weighted by Crippen LogP contribution is 2.30. The first kappa shape index (κ1) is 7.36. The second-order valence-electron chi connectivity index (χ2n) is 2.77. The van der Waals surface area contributed by atoms with E-state index in [1.54, 1.807) is 6.20 Å². The molecule has 0 radical (unpaired) electrons. The summed E-state index contributed by atoms with van der Waals surface area (Å²) >= 11 is 0. The van der Waals surface area contributed by atoms with Gasteiger partial charge in [0.25, 0.3) is 5.88 Å². The summed E-state index contributed by atoms with van der Waals surface area (Å²) in [6.07, 6.45) is 1.71. The Morgan fingerprint density at radius 2 is 2.42 bits per heavy atom. The Morgan fingerprint density at radius 1 is 1.58 bits per heavy atom. The van der Waals surface area contributed by atoms with Crippen LogP contribution < -0.4 is 15.2 Å². The van der Waals surface area contributed by atoms with E-state index in [9.17, 15) is 0 Å². The predicted molar refractivity (Wildman–Crippen MR) is 43.0 cm³/mol. The third-order valence-electron chi connectivity index (χ3n) is 1.78. The highest BCUT2D eigenvalue weighted by molar-refractivity contribution is 5.38. The molecule has 0 aliphatic carbocycles. The van der Waals surface area contributed by atoms with Crippen LogP contribution in [0.4, 0.5) is 0 Å². The van der Waals surface area contributed by atoms with Gasteiger partial charge in [0, 0.05) is 12.2 Å². The van der Waals surface area contributed by atoms with E-state index in [1.165, 1.54) is 0 Å². The van der Waals surface area contributed by atoms with E-state index in [2.05, 4.69) is 4.98 Å². The largest absolute Gasteiger partial charge is 0.452 e. The maximum atomic E-state index is 5.67. The van der Waals surface area contributed by atoms with Gasteiger partial charge in [-0.25, -0.2) is 4.98 Å². The van der Waals surface area contributed by atoms with Gasteiger partial charge in [0.15, 0.2) is 5.75 Å². The topological polar surface area (TPSA) is 57.4 Å². The van der Waals surface area contributed by atoms with E-state index in [0.717, 1.165) is 5.56 Å². The molecule has 12 heavy (non-hydrogen) atoms. The van der Waals surface area contributed by atoms with Gasteiger partial charge in [0.1, 0.15) is 0 Å². The summed E-state index contributed by atoms with van der Waals surface area (Å²) < 4.78 is 10.2. The Kier molecular flexibility index (Phi) is 1.62. The molecule has 0 spiro atoms. The molecule has 2 rings (SSSR count). The van der Waals surface area contributed by atoms with Crippen molar-refractivity contribution in [3.8, 4) is 11.6 Å². The molecule has 1 atom stereocenters. The van der Waals surface area contributed by atoms with Crippen molar-refractivity contribution < 1.29 is 9.47 Å². The molecule has 2 heterocycles. The van der Waals surface area contributed by atoms with Crippen molar-refractivity contribution >= 4 is 0 Å². The van der Waals surface area contributed by atoms with Crippen LogP contribution in [0, 0.1) is 0 Å². The molecule has 0 unspecified atom stereocenters. The number of hydrogen-bond donors (Lipinski definition) is 1. The van der Waals surface area contributed by atoms with Crippen LogP contribution >= 0.6 is 0 Å². The second kappa shape index (κ2) is 2.64. The molecule has 64 valence electrons.